The van der Waals surface area contributed by atoms with Gasteiger partial charge in [-0.3, -0.25) is 9.59 Å². The fourth-order valence-electron chi connectivity index (χ4n) is 3.17. The molecule has 1 fully saturated rings. The fourth-order valence-corrected chi connectivity index (χ4v) is 4.37. The van der Waals surface area contributed by atoms with Crippen LogP contribution >= 0.6 is 0 Å². The van der Waals surface area contributed by atoms with Crippen molar-refractivity contribution >= 4 is 21.7 Å². The number of aliphatic hydroxyl groups is 1. The SMILES string of the molecule is O=C(N[C@@H](CCCO)C(=O)N1CCS(=O)(=O)CC1)c1ccc(-c2ncccn2)cc1. The molecule has 9 nitrogen and oxygen atoms in total. The van der Waals surface area contributed by atoms with Gasteiger partial charge in [-0.15, -0.1) is 0 Å². The summed E-state index contributed by atoms with van der Waals surface area (Å²) < 4.78 is 23.2. The summed E-state index contributed by atoms with van der Waals surface area (Å²) in [4.78, 5) is 35.3. The molecule has 1 aromatic carbocycles. The van der Waals surface area contributed by atoms with E-state index in [1.165, 1.54) is 4.90 Å². The first-order valence-electron chi connectivity index (χ1n) is 9.68. The van der Waals surface area contributed by atoms with Gasteiger partial charge in [0.15, 0.2) is 15.7 Å². The number of hydrogen-bond donors (Lipinski definition) is 2. The van der Waals surface area contributed by atoms with Gasteiger partial charge in [0.1, 0.15) is 6.04 Å². The molecular formula is C20H24N4O5S. The smallest absolute Gasteiger partial charge is 0.251 e. The summed E-state index contributed by atoms with van der Waals surface area (Å²) in [5.74, 6) is -0.372. The number of benzene rings is 1. The number of aromatic nitrogens is 2. The maximum absolute atomic E-state index is 12.8. The van der Waals surface area contributed by atoms with Crippen molar-refractivity contribution in [2.75, 3.05) is 31.2 Å². The van der Waals surface area contributed by atoms with Gasteiger partial charge in [0.2, 0.25) is 5.91 Å². The molecule has 2 amide bonds. The minimum absolute atomic E-state index is 0.0809. The van der Waals surface area contributed by atoms with Gasteiger partial charge in [0, 0.05) is 43.2 Å². The molecule has 0 radical (unpaired) electrons. The van der Waals surface area contributed by atoms with Crippen LogP contribution < -0.4 is 5.32 Å². The average Bonchev–Trinajstić information content (AvgIpc) is 2.76. The second-order valence-corrected chi connectivity index (χ2v) is 9.32. The second-order valence-electron chi connectivity index (χ2n) is 7.02. The molecule has 30 heavy (non-hydrogen) atoms. The van der Waals surface area contributed by atoms with E-state index in [2.05, 4.69) is 15.3 Å². The molecule has 10 heteroatoms. The summed E-state index contributed by atoms with van der Waals surface area (Å²) in [5.41, 5.74) is 1.13. The van der Waals surface area contributed by atoms with Crippen molar-refractivity contribution in [3.05, 3.63) is 48.3 Å². The number of nitrogens with one attached hydrogen (secondary N) is 1. The summed E-state index contributed by atoms with van der Waals surface area (Å²) in [7, 11) is -3.12. The van der Waals surface area contributed by atoms with E-state index in [4.69, 9.17) is 5.11 Å². The Labute approximate surface area is 175 Å². The summed E-state index contributed by atoms with van der Waals surface area (Å²) in [5, 5.41) is 11.9. The second kappa shape index (κ2) is 9.77. The van der Waals surface area contributed by atoms with Crippen LogP contribution in [-0.4, -0.2) is 77.5 Å². The third kappa shape index (κ3) is 5.61. The number of carbonyl (C=O) groups is 2. The Kier molecular flexibility index (Phi) is 7.11. The highest BCUT2D eigenvalue weighted by Crippen LogP contribution is 2.15. The zero-order valence-electron chi connectivity index (χ0n) is 16.4. The Morgan fingerprint density at radius 1 is 1.10 bits per heavy atom. The van der Waals surface area contributed by atoms with Gasteiger partial charge in [-0.2, -0.15) is 0 Å². The standard InChI is InChI=1S/C20H24N4O5S/c25-12-1-3-17(20(27)24-10-13-30(28,29)14-11-24)23-19(26)16-6-4-15(5-7-16)18-21-8-2-9-22-18/h2,4-9,17,25H,1,3,10-14H2,(H,23,26)/t17-/m0/s1. The molecule has 1 atom stereocenters. The lowest BCUT2D eigenvalue weighted by molar-refractivity contribution is -0.133. The molecule has 0 saturated carbocycles. The summed E-state index contributed by atoms with van der Waals surface area (Å²) in [6.07, 6.45) is 3.87. The van der Waals surface area contributed by atoms with E-state index < -0.39 is 21.8 Å². The van der Waals surface area contributed by atoms with Crippen LogP contribution in [0.25, 0.3) is 11.4 Å². The van der Waals surface area contributed by atoms with Crippen LogP contribution in [0.2, 0.25) is 0 Å². The zero-order valence-corrected chi connectivity index (χ0v) is 17.2. The number of sulfone groups is 1. The number of hydrogen-bond acceptors (Lipinski definition) is 7. The van der Waals surface area contributed by atoms with E-state index in [1.807, 2.05) is 0 Å². The first-order chi connectivity index (χ1) is 14.4. The summed E-state index contributed by atoms with van der Waals surface area (Å²) in [6, 6.07) is 7.59. The van der Waals surface area contributed by atoms with E-state index >= 15 is 0 Å². The highest BCUT2D eigenvalue weighted by molar-refractivity contribution is 7.91. The number of amides is 2. The number of carbonyl (C=O) groups excluding carboxylic acids is 2. The van der Waals surface area contributed by atoms with Gasteiger partial charge in [-0.1, -0.05) is 12.1 Å². The molecule has 2 heterocycles. The van der Waals surface area contributed by atoms with E-state index in [1.54, 1.807) is 42.7 Å². The number of aliphatic hydroxyl groups excluding tert-OH is 1. The predicted molar refractivity (Wildman–Crippen MR) is 110 cm³/mol. The molecule has 0 aliphatic carbocycles. The fraction of sp³-hybridized carbons (Fsp3) is 0.400. The quantitative estimate of drug-likeness (QED) is 0.642. The van der Waals surface area contributed by atoms with Crippen LogP contribution in [-0.2, 0) is 14.6 Å². The van der Waals surface area contributed by atoms with Gasteiger partial charge >= 0.3 is 0 Å². The Morgan fingerprint density at radius 3 is 2.33 bits per heavy atom. The molecule has 2 aromatic rings. The predicted octanol–water partition coefficient (Wildman–Crippen LogP) is 0.272. The summed E-state index contributed by atoms with van der Waals surface area (Å²) in [6.45, 7) is 0.108. The van der Waals surface area contributed by atoms with Gasteiger partial charge in [0.25, 0.3) is 5.91 Å². The van der Waals surface area contributed by atoms with Crippen LogP contribution in [0.15, 0.2) is 42.7 Å². The molecule has 2 N–H and O–H groups in total. The van der Waals surface area contributed by atoms with Crippen molar-refractivity contribution < 1.29 is 23.1 Å². The van der Waals surface area contributed by atoms with Crippen LogP contribution in [0.5, 0.6) is 0 Å². The molecule has 160 valence electrons. The average molecular weight is 433 g/mol. The molecule has 0 spiro atoms. The van der Waals surface area contributed by atoms with Crippen molar-refractivity contribution in [1.29, 1.82) is 0 Å². The molecule has 3 rings (SSSR count). The molecule has 0 unspecified atom stereocenters. The Hall–Kier alpha value is -2.85. The third-order valence-corrected chi connectivity index (χ3v) is 6.49. The highest BCUT2D eigenvalue weighted by Gasteiger charge is 2.30. The maximum atomic E-state index is 12.8. The molecule has 0 bridgehead atoms. The van der Waals surface area contributed by atoms with E-state index in [0.717, 1.165) is 5.56 Å². The lowest BCUT2D eigenvalue weighted by atomic mass is 10.1. The van der Waals surface area contributed by atoms with Crippen molar-refractivity contribution in [2.45, 2.75) is 18.9 Å². The topological polar surface area (TPSA) is 130 Å². The number of nitrogens with zero attached hydrogens (tertiary/aromatic N) is 3. The molecule has 1 aliphatic heterocycles. The highest BCUT2D eigenvalue weighted by atomic mass is 32.2. The first-order valence-corrected chi connectivity index (χ1v) is 11.5. The third-order valence-electron chi connectivity index (χ3n) is 4.88. The maximum Gasteiger partial charge on any atom is 0.251 e. The van der Waals surface area contributed by atoms with E-state index in [9.17, 15) is 18.0 Å². The van der Waals surface area contributed by atoms with E-state index in [0.29, 0.717) is 17.8 Å². The van der Waals surface area contributed by atoms with Gasteiger partial charge in [0.05, 0.1) is 11.5 Å². The minimum atomic E-state index is -3.12. The van der Waals surface area contributed by atoms with Crippen LogP contribution in [0.4, 0.5) is 0 Å². The largest absolute Gasteiger partial charge is 0.396 e. The van der Waals surface area contributed by atoms with Crippen LogP contribution in [0.3, 0.4) is 0 Å². The van der Waals surface area contributed by atoms with Crippen LogP contribution in [0, 0.1) is 0 Å². The van der Waals surface area contributed by atoms with Gasteiger partial charge in [-0.25, -0.2) is 18.4 Å². The lowest BCUT2D eigenvalue weighted by Gasteiger charge is -2.30. The zero-order chi connectivity index (χ0) is 21.6. The summed E-state index contributed by atoms with van der Waals surface area (Å²) >= 11 is 0. The monoisotopic (exact) mass is 432 g/mol. The van der Waals surface area contributed by atoms with E-state index in [-0.39, 0.29) is 43.5 Å². The molecular weight excluding hydrogens is 408 g/mol. The van der Waals surface area contributed by atoms with Gasteiger partial charge in [-0.05, 0) is 31.0 Å². The molecule has 1 aromatic heterocycles. The Bertz CT molecular complexity index is 966. The van der Waals surface area contributed by atoms with Crippen LogP contribution in [0.1, 0.15) is 23.2 Å². The van der Waals surface area contributed by atoms with Gasteiger partial charge < -0.3 is 15.3 Å². The lowest BCUT2D eigenvalue weighted by Crippen LogP contribution is -2.52. The Morgan fingerprint density at radius 2 is 1.73 bits per heavy atom. The Balaban J connectivity index is 1.68. The van der Waals surface area contributed by atoms with Crippen molar-refractivity contribution in [3.8, 4) is 11.4 Å². The first kappa shape index (κ1) is 21.8. The van der Waals surface area contributed by atoms with Crippen molar-refractivity contribution in [3.63, 3.8) is 0 Å². The van der Waals surface area contributed by atoms with Crippen molar-refractivity contribution in [1.82, 2.24) is 20.2 Å². The van der Waals surface area contributed by atoms with Crippen molar-refractivity contribution in [2.24, 2.45) is 0 Å². The minimum Gasteiger partial charge on any atom is -0.396 e. The molecule has 1 saturated heterocycles. The molecule has 1 aliphatic rings. The normalized spacial score (nSPS) is 16.6. The number of rotatable bonds is 7.